The molecule has 8 heteroatoms. The van der Waals surface area contributed by atoms with Crippen LogP contribution in [0.1, 0.15) is 12.0 Å². The summed E-state index contributed by atoms with van der Waals surface area (Å²) >= 11 is 5.86. The van der Waals surface area contributed by atoms with E-state index >= 15 is 0 Å². The second-order valence-electron chi connectivity index (χ2n) is 5.55. The largest absolute Gasteiger partial charge is 0.380 e. The number of hydrogen-bond donors (Lipinski definition) is 1. The van der Waals surface area contributed by atoms with Crippen LogP contribution < -0.4 is 5.73 Å². The summed E-state index contributed by atoms with van der Waals surface area (Å²) in [5.74, 6) is -0.150. The summed E-state index contributed by atoms with van der Waals surface area (Å²) in [5, 5.41) is 0.670. The van der Waals surface area contributed by atoms with Crippen molar-refractivity contribution in [3.05, 3.63) is 34.9 Å². The van der Waals surface area contributed by atoms with Crippen LogP contribution in [0, 0.1) is 0 Å². The summed E-state index contributed by atoms with van der Waals surface area (Å²) in [4.78, 5) is 27.8. The predicted octanol–water partition coefficient (Wildman–Crippen LogP) is 1.30. The lowest BCUT2D eigenvalue weighted by atomic mass is 10.1. The highest BCUT2D eigenvalue weighted by Crippen LogP contribution is 2.14. The molecule has 2 rings (SSSR count). The highest BCUT2D eigenvalue weighted by Gasteiger charge is 2.28. The van der Waals surface area contributed by atoms with Crippen molar-refractivity contribution in [3.8, 4) is 0 Å². The van der Waals surface area contributed by atoms with Crippen LogP contribution in [0.25, 0.3) is 0 Å². The molecule has 1 saturated heterocycles. The zero-order valence-electron chi connectivity index (χ0n) is 13.6. The zero-order valence-corrected chi connectivity index (χ0v) is 15.2. The van der Waals surface area contributed by atoms with E-state index in [4.69, 9.17) is 22.1 Å². The van der Waals surface area contributed by atoms with Crippen molar-refractivity contribution in [1.82, 2.24) is 9.80 Å². The summed E-state index contributed by atoms with van der Waals surface area (Å²) in [6.45, 7) is 1.97. The lowest BCUT2D eigenvalue weighted by molar-refractivity contribution is -0.146. The number of ether oxygens (including phenoxy) is 1. The van der Waals surface area contributed by atoms with Gasteiger partial charge >= 0.3 is 0 Å². The number of benzene rings is 1. The van der Waals surface area contributed by atoms with Crippen molar-refractivity contribution in [2.24, 2.45) is 5.73 Å². The molecule has 1 heterocycles. The van der Waals surface area contributed by atoms with E-state index in [2.05, 4.69) is 0 Å². The zero-order chi connectivity index (χ0) is 16.8. The van der Waals surface area contributed by atoms with Crippen LogP contribution in [0.2, 0.25) is 5.02 Å². The first-order chi connectivity index (χ1) is 11.0. The van der Waals surface area contributed by atoms with Gasteiger partial charge in [-0.15, -0.1) is 12.4 Å². The molecule has 2 amide bonds. The van der Waals surface area contributed by atoms with Crippen LogP contribution in [0.15, 0.2) is 24.3 Å². The number of methoxy groups -OCH3 is 1. The summed E-state index contributed by atoms with van der Waals surface area (Å²) < 4.78 is 5.12. The second kappa shape index (κ2) is 9.84. The average Bonchev–Trinajstić information content (AvgIpc) is 2.56. The van der Waals surface area contributed by atoms with Crippen molar-refractivity contribution >= 4 is 35.8 Å². The van der Waals surface area contributed by atoms with Gasteiger partial charge in [-0.2, -0.15) is 0 Å². The highest BCUT2D eigenvalue weighted by molar-refractivity contribution is 6.30. The molecule has 0 bridgehead atoms. The van der Waals surface area contributed by atoms with Crippen LogP contribution in [-0.2, 0) is 20.9 Å². The Morgan fingerprint density at radius 3 is 2.54 bits per heavy atom. The standard InChI is InChI=1S/C16H22ClN3O3.ClH/c1-23-14(9-18)8-15(21)20-7-6-19(16(22)11-20)10-12-2-4-13(17)5-3-12;/h2-5,14H,6-11,18H2,1H3;1H. The molecule has 1 aliphatic rings. The Morgan fingerprint density at radius 2 is 2.00 bits per heavy atom. The molecule has 0 radical (unpaired) electrons. The van der Waals surface area contributed by atoms with Crippen LogP contribution in [0.5, 0.6) is 0 Å². The predicted molar refractivity (Wildman–Crippen MR) is 95.2 cm³/mol. The fraction of sp³-hybridized carbons (Fsp3) is 0.500. The number of halogens is 2. The molecule has 0 saturated carbocycles. The summed E-state index contributed by atoms with van der Waals surface area (Å²) in [5.41, 5.74) is 6.55. The number of carbonyl (C=O) groups is 2. The van der Waals surface area contributed by atoms with Crippen LogP contribution >= 0.6 is 24.0 Å². The number of carbonyl (C=O) groups excluding carboxylic acids is 2. The smallest absolute Gasteiger partial charge is 0.242 e. The van der Waals surface area contributed by atoms with E-state index in [1.54, 1.807) is 21.9 Å². The number of nitrogens with two attached hydrogens (primary N) is 1. The molecule has 134 valence electrons. The fourth-order valence-corrected chi connectivity index (χ4v) is 2.61. The van der Waals surface area contributed by atoms with Gasteiger partial charge in [0.1, 0.15) is 0 Å². The normalized spacial score (nSPS) is 15.9. The van der Waals surface area contributed by atoms with E-state index < -0.39 is 0 Å². The lowest BCUT2D eigenvalue weighted by Gasteiger charge is -2.35. The molecule has 0 spiro atoms. The van der Waals surface area contributed by atoms with Gasteiger partial charge in [-0.05, 0) is 17.7 Å². The Morgan fingerprint density at radius 1 is 1.33 bits per heavy atom. The van der Waals surface area contributed by atoms with Gasteiger partial charge in [-0.1, -0.05) is 23.7 Å². The molecule has 1 fully saturated rings. The van der Waals surface area contributed by atoms with E-state index in [1.165, 1.54) is 7.11 Å². The molecular weight excluding hydrogens is 353 g/mol. The van der Waals surface area contributed by atoms with Crippen molar-refractivity contribution in [1.29, 1.82) is 0 Å². The van der Waals surface area contributed by atoms with E-state index in [0.717, 1.165) is 5.56 Å². The number of amides is 2. The molecule has 1 aliphatic heterocycles. The van der Waals surface area contributed by atoms with Crippen molar-refractivity contribution in [2.45, 2.75) is 19.1 Å². The summed E-state index contributed by atoms with van der Waals surface area (Å²) in [6.07, 6.45) is -0.0954. The Labute approximate surface area is 153 Å². The number of piperazine rings is 1. The van der Waals surface area contributed by atoms with E-state index in [-0.39, 0.29) is 49.8 Å². The van der Waals surface area contributed by atoms with Crippen molar-refractivity contribution in [2.75, 3.05) is 33.3 Å². The molecular formula is C16H23Cl2N3O3. The minimum atomic E-state index is -0.301. The van der Waals surface area contributed by atoms with Gasteiger partial charge in [-0.3, -0.25) is 9.59 Å². The first-order valence-electron chi connectivity index (χ1n) is 7.56. The Kier molecular flexibility index (Phi) is 8.48. The topological polar surface area (TPSA) is 75.9 Å². The minimum Gasteiger partial charge on any atom is -0.380 e. The molecule has 2 N–H and O–H groups in total. The fourth-order valence-electron chi connectivity index (χ4n) is 2.49. The van der Waals surface area contributed by atoms with Gasteiger partial charge in [0.2, 0.25) is 11.8 Å². The van der Waals surface area contributed by atoms with Gasteiger partial charge in [0, 0.05) is 38.3 Å². The van der Waals surface area contributed by atoms with Crippen LogP contribution in [-0.4, -0.2) is 61.0 Å². The average molecular weight is 376 g/mol. The summed E-state index contributed by atoms with van der Waals surface area (Å²) in [6, 6.07) is 7.41. The first-order valence-corrected chi connectivity index (χ1v) is 7.94. The highest BCUT2D eigenvalue weighted by atomic mass is 35.5. The van der Waals surface area contributed by atoms with E-state index in [1.807, 2.05) is 12.1 Å². The third-order valence-corrected chi connectivity index (χ3v) is 4.21. The van der Waals surface area contributed by atoms with Gasteiger partial charge in [-0.25, -0.2) is 0 Å². The van der Waals surface area contributed by atoms with Gasteiger partial charge in [0.15, 0.2) is 0 Å². The monoisotopic (exact) mass is 375 g/mol. The van der Waals surface area contributed by atoms with E-state index in [9.17, 15) is 9.59 Å². The Balaban J connectivity index is 0.00000288. The molecule has 1 aromatic rings. The van der Waals surface area contributed by atoms with Crippen molar-refractivity contribution < 1.29 is 14.3 Å². The minimum absolute atomic E-state index is 0. The van der Waals surface area contributed by atoms with E-state index in [0.29, 0.717) is 24.7 Å². The third-order valence-electron chi connectivity index (χ3n) is 3.96. The quantitative estimate of drug-likeness (QED) is 0.812. The molecule has 1 aromatic carbocycles. The molecule has 1 unspecified atom stereocenters. The van der Waals surface area contributed by atoms with Gasteiger partial charge in [0.05, 0.1) is 19.1 Å². The molecule has 1 atom stereocenters. The molecule has 0 aromatic heterocycles. The van der Waals surface area contributed by atoms with Gasteiger partial charge in [0.25, 0.3) is 0 Å². The second-order valence-corrected chi connectivity index (χ2v) is 5.99. The number of hydrogen-bond acceptors (Lipinski definition) is 4. The molecule has 24 heavy (non-hydrogen) atoms. The maximum absolute atomic E-state index is 12.3. The Hall–Kier alpha value is -1.34. The van der Waals surface area contributed by atoms with Gasteiger partial charge < -0.3 is 20.3 Å². The summed E-state index contributed by atoms with van der Waals surface area (Å²) in [7, 11) is 1.53. The maximum Gasteiger partial charge on any atom is 0.242 e. The lowest BCUT2D eigenvalue weighted by Crippen LogP contribution is -2.52. The third kappa shape index (κ3) is 5.63. The van der Waals surface area contributed by atoms with Crippen molar-refractivity contribution in [3.63, 3.8) is 0 Å². The Bertz CT molecular complexity index is 550. The first kappa shape index (κ1) is 20.7. The molecule has 6 nitrogen and oxygen atoms in total. The SMILES string of the molecule is COC(CN)CC(=O)N1CCN(Cc2ccc(Cl)cc2)C(=O)C1.Cl. The molecule has 0 aliphatic carbocycles. The number of rotatable bonds is 6. The maximum atomic E-state index is 12.3. The van der Waals surface area contributed by atoms with Crippen LogP contribution in [0.4, 0.5) is 0 Å². The number of nitrogens with zero attached hydrogens (tertiary/aromatic N) is 2. The van der Waals surface area contributed by atoms with Crippen LogP contribution in [0.3, 0.4) is 0 Å².